The Morgan fingerprint density at radius 3 is 2.64 bits per heavy atom. The lowest BCUT2D eigenvalue weighted by Gasteiger charge is -2.21. The van der Waals surface area contributed by atoms with Crippen molar-refractivity contribution in [3.63, 3.8) is 0 Å². The van der Waals surface area contributed by atoms with Crippen LogP contribution in [-0.4, -0.2) is 28.1 Å². The molecule has 0 fully saturated rings. The standard InChI is InChI=1S/C11H13ClF2N6O2/c1-11(2,3)22-10(21)18-9-5(7(12)16-4-17-9)6(8(13)14)19-20-15/h4,6,8H,1-3H3,(H,16,17,18,21)/t6-/m1/s1. The minimum Gasteiger partial charge on any atom is -0.444 e. The predicted molar refractivity (Wildman–Crippen MR) is 74.8 cm³/mol. The molecular formula is C11H13ClF2N6O2. The van der Waals surface area contributed by atoms with Crippen LogP contribution in [0, 0.1) is 0 Å². The third kappa shape index (κ3) is 4.97. The number of anilines is 1. The molecule has 0 aliphatic heterocycles. The van der Waals surface area contributed by atoms with E-state index in [2.05, 4.69) is 25.3 Å². The Hall–Kier alpha value is -2.19. The Morgan fingerprint density at radius 2 is 2.14 bits per heavy atom. The molecule has 120 valence electrons. The van der Waals surface area contributed by atoms with Crippen molar-refractivity contribution in [1.82, 2.24) is 9.97 Å². The normalized spacial score (nSPS) is 12.5. The summed E-state index contributed by atoms with van der Waals surface area (Å²) in [7, 11) is 0. The van der Waals surface area contributed by atoms with Crippen LogP contribution in [0.5, 0.6) is 0 Å². The van der Waals surface area contributed by atoms with E-state index in [1.54, 1.807) is 20.8 Å². The molecule has 0 aromatic carbocycles. The first-order chi connectivity index (χ1) is 10.2. The van der Waals surface area contributed by atoms with Gasteiger partial charge in [-0.15, -0.1) is 0 Å². The van der Waals surface area contributed by atoms with E-state index in [1.807, 2.05) is 0 Å². The molecule has 8 nitrogen and oxygen atoms in total. The second kappa shape index (κ2) is 7.19. The summed E-state index contributed by atoms with van der Waals surface area (Å²) in [6, 6.07) is -1.94. The molecule has 22 heavy (non-hydrogen) atoms. The van der Waals surface area contributed by atoms with E-state index in [-0.39, 0.29) is 16.5 Å². The minimum atomic E-state index is -3.06. The van der Waals surface area contributed by atoms with Crippen LogP contribution in [0.4, 0.5) is 19.4 Å². The summed E-state index contributed by atoms with van der Waals surface area (Å²) in [6.07, 6.45) is -3.01. The lowest BCUT2D eigenvalue weighted by molar-refractivity contribution is 0.0634. The van der Waals surface area contributed by atoms with Gasteiger partial charge in [-0.1, -0.05) is 16.7 Å². The summed E-state index contributed by atoms with van der Waals surface area (Å²) in [5.74, 6) is -0.313. The fraction of sp³-hybridized carbons (Fsp3) is 0.545. The number of aromatic nitrogens is 2. The van der Waals surface area contributed by atoms with Crippen molar-refractivity contribution in [2.45, 2.75) is 38.8 Å². The van der Waals surface area contributed by atoms with E-state index in [0.717, 1.165) is 6.33 Å². The van der Waals surface area contributed by atoms with E-state index in [9.17, 15) is 13.6 Å². The molecule has 1 heterocycles. The van der Waals surface area contributed by atoms with Gasteiger partial charge in [-0.05, 0) is 26.3 Å². The number of carbonyl (C=O) groups is 1. The van der Waals surface area contributed by atoms with Crippen molar-refractivity contribution in [3.8, 4) is 0 Å². The Morgan fingerprint density at radius 1 is 1.50 bits per heavy atom. The SMILES string of the molecule is CC(C)(C)OC(=O)Nc1ncnc(Cl)c1[C@@H](N=[N+]=[N-])C(F)F. The number of amides is 1. The van der Waals surface area contributed by atoms with Gasteiger partial charge in [0.25, 0.3) is 6.43 Å². The number of hydrogen-bond donors (Lipinski definition) is 1. The van der Waals surface area contributed by atoms with Crippen molar-refractivity contribution < 1.29 is 18.3 Å². The Bertz CT molecular complexity index is 601. The number of alkyl halides is 2. The predicted octanol–water partition coefficient (Wildman–Crippen LogP) is 4.09. The Kier molecular flexibility index (Phi) is 5.84. The van der Waals surface area contributed by atoms with Crippen molar-refractivity contribution in [2.75, 3.05) is 5.32 Å². The number of rotatable bonds is 4. The third-order valence-corrected chi connectivity index (χ3v) is 2.47. The number of nitrogens with zero attached hydrogens (tertiary/aromatic N) is 5. The van der Waals surface area contributed by atoms with Crippen LogP contribution in [-0.2, 0) is 4.74 Å². The van der Waals surface area contributed by atoms with Crippen LogP contribution in [0.15, 0.2) is 11.4 Å². The number of carbonyl (C=O) groups excluding carboxylic acids is 1. The van der Waals surface area contributed by atoms with Crippen LogP contribution in [0.25, 0.3) is 10.4 Å². The average molecular weight is 335 g/mol. The molecule has 0 aliphatic rings. The van der Waals surface area contributed by atoms with E-state index >= 15 is 0 Å². The molecule has 0 saturated carbocycles. The maximum absolute atomic E-state index is 13.0. The van der Waals surface area contributed by atoms with Gasteiger partial charge in [0.15, 0.2) is 0 Å². The first kappa shape index (κ1) is 17.9. The van der Waals surface area contributed by atoms with E-state index in [0.29, 0.717) is 0 Å². The fourth-order valence-corrected chi connectivity index (χ4v) is 1.67. The van der Waals surface area contributed by atoms with Gasteiger partial charge in [0.05, 0.1) is 0 Å². The Balaban J connectivity index is 3.18. The van der Waals surface area contributed by atoms with Gasteiger partial charge < -0.3 is 4.74 Å². The van der Waals surface area contributed by atoms with Gasteiger partial charge in [0, 0.05) is 10.5 Å². The zero-order valence-corrected chi connectivity index (χ0v) is 12.7. The van der Waals surface area contributed by atoms with Gasteiger partial charge in [-0.25, -0.2) is 23.5 Å². The van der Waals surface area contributed by atoms with E-state index < -0.39 is 24.2 Å². The molecule has 0 radical (unpaired) electrons. The molecule has 0 spiro atoms. The summed E-state index contributed by atoms with van der Waals surface area (Å²) >= 11 is 5.76. The van der Waals surface area contributed by atoms with Gasteiger partial charge in [0.2, 0.25) is 0 Å². The Labute approximate surface area is 129 Å². The molecule has 0 bridgehead atoms. The molecule has 1 amide bonds. The number of halogens is 3. The number of azide groups is 1. The van der Waals surface area contributed by atoms with Crippen LogP contribution in [0.3, 0.4) is 0 Å². The van der Waals surface area contributed by atoms with Gasteiger partial charge in [-0.3, -0.25) is 5.32 Å². The molecule has 1 aromatic heterocycles. The first-order valence-corrected chi connectivity index (χ1v) is 6.36. The van der Waals surface area contributed by atoms with Crippen molar-refractivity contribution >= 4 is 23.5 Å². The second-order valence-corrected chi connectivity index (χ2v) is 5.40. The highest BCUT2D eigenvalue weighted by molar-refractivity contribution is 6.30. The highest BCUT2D eigenvalue weighted by Crippen LogP contribution is 2.34. The molecule has 0 saturated heterocycles. The average Bonchev–Trinajstić information content (AvgIpc) is 2.34. The van der Waals surface area contributed by atoms with E-state index in [1.165, 1.54) is 0 Å². The highest BCUT2D eigenvalue weighted by Gasteiger charge is 2.29. The van der Waals surface area contributed by atoms with Gasteiger partial charge >= 0.3 is 6.09 Å². The smallest absolute Gasteiger partial charge is 0.413 e. The molecule has 1 atom stereocenters. The highest BCUT2D eigenvalue weighted by atomic mass is 35.5. The first-order valence-electron chi connectivity index (χ1n) is 5.98. The maximum Gasteiger partial charge on any atom is 0.413 e. The molecule has 1 N–H and O–H groups in total. The topological polar surface area (TPSA) is 113 Å². The van der Waals surface area contributed by atoms with Gasteiger partial charge in [0.1, 0.15) is 28.9 Å². The quantitative estimate of drug-likeness (QED) is 0.386. The second-order valence-electron chi connectivity index (χ2n) is 5.04. The summed E-state index contributed by atoms with van der Waals surface area (Å²) < 4.78 is 31.0. The van der Waals surface area contributed by atoms with Crippen LogP contribution >= 0.6 is 11.6 Å². The van der Waals surface area contributed by atoms with Crippen LogP contribution in [0.1, 0.15) is 32.4 Å². The summed E-state index contributed by atoms with van der Waals surface area (Å²) in [5, 5.41) is 4.80. The third-order valence-electron chi connectivity index (χ3n) is 2.17. The number of ether oxygens (including phenoxy) is 1. The monoisotopic (exact) mass is 334 g/mol. The van der Waals surface area contributed by atoms with Crippen LogP contribution in [0.2, 0.25) is 5.15 Å². The molecular weight excluding hydrogens is 322 g/mol. The van der Waals surface area contributed by atoms with E-state index in [4.69, 9.17) is 21.9 Å². The number of nitrogens with one attached hydrogen (secondary N) is 1. The minimum absolute atomic E-state index is 0.313. The lowest BCUT2D eigenvalue weighted by atomic mass is 10.1. The molecule has 0 unspecified atom stereocenters. The van der Waals surface area contributed by atoms with Gasteiger partial charge in [-0.2, -0.15) is 0 Å². The number of hydrogen-bond acceptors (Lipinski definition) is 5. The van der Waals surface area contributed by atoms with Crippen LogP contribution < -0.4 is 5.32 Å². The molecule has 1 rings (SSSR count). The fourth-order valence-electron chi connectivity index (χ4n) is 1.43. The summed E-state index contributed by atoms with van der Waals surface area (Å²) in [6.45, 7) is 4.88. The van der Waals surface area contributed by atoms with Crippen molar-refractivity contribution in [1.29, 1.82) is 0 Å². The van der Waals surface area contributed by atoms with Crippen molar-refractivity contribution in [2.24, 2.45) is 5.11 Å². The lowest BCUT2D eigenvalue weighted by Crippen LogP contribution is -2.28. The molecule has 0 aliphatic carbocycles. The summed E-state index contributed by atoms with van der Waals surface area (Å²) in [5.41, 5.74) is 7.21. The van der Waals surface area contributed by atoms with Crippen molar-refractivity contribution in [3.05, 3.63) is 27.5 Å². The summed E-state index contributed by atoms with van der Waals surface area (Å²) in [4.78, 5) is 21.3. The zero-order valence-electron chi connectivity index (χ0n) is 11.9. The maximum atomic E-state index is 13.0. The zero-order chi connectivity index (χ0) is 16.9. The molecule has 11 heteroatoms. The molecule has 1 aromatic rings. The largest absolute Gasteiger partial charge is 0.444 e.